The lowest BCUT2D eigenvalue weighted by Gasteiger charge is -2.35. The van der Waals surface area contributed by atoms with Gasteiger partial charge in [-0.25, -0.2) is 9.59 Å². The molecule has 1 aliphatic heterocycles. The van der Waals surface area contributed by atoms with Crippen molar-refractivity contribution in [2.45, 2.75) is 39.1 Å². The molecule has 1 aliphatic rings. The number of halogens is 3. The molecule has 0 saturated carbocycles. The number of hydrogen-bond donors (Lipinski definition) is 2. The molecule has 10 heteroatoms. The Bertz CT molecular complexity index is 752. The minimum absolute atomic E-state index is 0.0538. The third-order valence-corrected chi connectivity index (χ3v) is 4.24. The fourth-order valence-electron chi connectivity index (χ4n) is 2.84. The largest absolute Gasteiger partial charge is 0.478 e. The van der Waals surface area contributed by atoms with Gasteiger partial charge in [0.05, 0.1) is 16.8 Å². The first-order valence-electron chi connectivity index (χ1n) is 8.71. The van der Waals surface area contributed by atoms with Gasteiger partial charge in [-0.15, -0.1) is 0 Å². The number of anilines is 1. The first-order chi connectivity index (χ1) is 12.8. The number of piperazine rings is 1. The standard InChI is InChI=1S/C18H24F3N3O4/c1-17(2,3)28-16(27)24-6-4-23(5-7-24)10-11-8-12(18(19,20)21)9-13(14(11)22)15(25)26/h8-9H,4-7,10,22H2,1-3H3,(H,25,26). The van der Waals surface area contributed by atoms with E-state index in [0.29, 0.717) is 32.2 Å². The molecule has 1 saturated heterocycles. The Kier molecular flexibility index (Phi) is 6.12. The molecule has 0 aromatic heterocycles. The average molecular weight is 403 g/mol. The highest BCUT2D eigenvalue weighted by atomic mass is 19.4. The number of aromatic carboxylic acids is 1. The van der Waals surface area contributed by atoms with Crippen LogP contribution < -0.4 is 5.73 Å². The first kappa shape index (κ1) is 21.8. The summed E-state index contributed by atoms with van der Waals surface area (Å²) in [5.41, 5.74) is 3.47. The molecule has 1 aromatic rings. The number of amides is 1. The second kappa shape index (κ2) is 7.86. The van der Waals surface area contributed by atoms with E-state index >= 15 is 0 Å². The molecule has 0 bridgehead atoms. The number of nitrogen functional groups attached to an aromatic ring is 1. The summed E-state index contributed by atoms with van der Waals surface area (Å²) in [6, 6.07) is 1.42. The monoisotopic (exact) mass is 403 g/mol. The van der Waals surface area contributed by atoms with Gasteiger partial charge >= 0.3 is 18.2 Å². The normalized spacial score (nSPS) is 16.1. The lowest BCUT2D eigenvalue weighted by Crippen LogP contribution is -2.49. The van der Waals surface area contributed by atoms with E-state index in [1.54, 1.807) is 20.8 Å². The van der Waals surface area contributed by atoms with Crippen LogP contribution in [0.5, 0.6) is 0 Å². The Balaban J connectivity index is 2.11. The molecule has 0 aliphatic carbocycles. The van der Waals surface area contributed by atoms with Crippen LogP contribution in [-0.2, 0) is 17.5 Å². The van der Waals surface area contributed by atoms with Crippen LogP contribution in [0.15, 0.2) is 12.1 Å². The topological polar surface area (TPSA) is 96.1 Å². The van der Waals surface area contributed by atoms with Crippen molar-refractivity contribution in [3.05, 3.63) is 28.8 Å². The average Bonchev–Trinajstić information content (AvgIpc) is 2.54. The van der Waals surface area contributed by atoms with Crippen molar-refractivity contribution in [2.24, 2.45) is 0 Å². The zero-order chi connectivity index (χ0) is 21.3. The zero-order valence-electron chi connectivity index (χ0n) is 16.0. The summed E-state index contributed by atoms with van der Waals surface area (Å²) in [5, 5.41) is 9.16. The lowest BCUT2D eigenvalue weighted by molar-refractivity contribution is -0.137. The number of alkyl halides is 3. The molecule has 2 rings (SSSR count). The summed E-state index contributed by atoms with van der Waals surface area (Å²) in [7, 11) is 0. The highest BCUT2D eigenvalue weighted by molar-refractivity contribution is 5.94. The molecule has 3 N–H and O–H groups in total. The number of hydrogen-bond acceptors (Lipinski definition) is 5. The van der Waals surface area contributed by atoms with Crippen LogP contribution in [0.25, 0.3) is 0 Å². The van der Waals surface area contributed by atoms with E-state index in [4.69, 9.17) is 15.6 Å². The summed E-state index contributed by atoms with van der Waals surface area (Å²) in [6.45, 7) is 6.83. The van der Waals surface area contributed by atoms with Crippen LogP contribution in [0.4, 0.5) is 23.7 Å². The van der Waals surface area contributed by atoms with Crippen molar-refractivity contribution in [1.29, 1.82) is 0 Å². The minimum atomic E-state index is -4.68. The van der Waals surface area contributed by atoms with Gasteiger partial charge in [-0.2, -0.15) is 13.2 Å². The van der Waals surface area contributed by atoms with Crippen molar-refractivity contribution < 1.29 is 32.6 Å². The van der Waals surface area contributed by atoms with Crippen molar-refractivity contribution in [2.75, 3.05) is 31.9 Å². The van der Waals surface area contributed by atoms with E-state index in [0.717, 1.165) is 6.07 Å². The number of nitrogens with zero attached hydrogens (tertiary/aromatic N) is 2. The van der Waals surface area contributed by atoms with Gasteiger partial charge in [-0.1, -0.05) is 0 Å². The molecular formula is C18H24F3N3O4. The molecule has 1 heterocycles. The highest BCUT2D eigenvalue weighted by Crippen LogP contribution is 2.34. The van der Waals surface area contributed by atoms with Crippen molar-refractivity contribution in [3.8, 4) is 0 Å². The smallest absolute Gasteiger partial charge is 0.416 e. The zero-order valence-corrected chi connectivity index (χ0v) is 16.0. The summed E-state index contributed by atoms with van der Waals surface area (Å²) in [6.07, 6.45) is -5.12. The Hall–Kier alpha value is -2.49. The second-order valence-electron chi connectivity index (χ2n) is 7.64. The molecular weight excluding hydrogens is 379 g/mol. The predicted octanol–water partition coefficient (Wildman–Crippen LogP) is 3.04. The predicted molar refractivity (Wildman–Crippen MR) is 95.9 cm³/mol. The number of rotatable bonds is 3. The number of carbonyl (C=O) groups is 2. The Morgan fingerprint density at radius 2 is 1.71 bits per heavy atom. The Morgan fingerprint density at radius 1 is 1.14 bits per heavy atom. The number of nitrogens with two attached hydrogens (primary N) is 1. The number of benzene rings is 1. The third-order valence-electron chi connectivity index (χ3n) is 4.24. The van der Waals surface area contributed by atoms with Crippen LogP contribution in [-0.4, -0.2) is 58.7 Å². The van der Waals surface area contributed by atoms with Gasteiger partial charge in [0.15, 0.2) is 0 Å². The molecule has 0 unspecified atom stereocenters. The third kappa shape index (κ3) is 5.51. The van der Waals surface area contributed by atoms with Crippen LogP contribution in [0.3, 0.4) is 0 Å². The first-order valence-corrected chi connectivity index (χ1v) is 8.71. The summed E-state index contributed by atoms with van der Waals surface area (Å²) in [5.74, 6) is -1.51. The molecule has 28 heavy (non-hydrogen) atoms. The van der Waals surface area contributed by atoms with Gasteiger partial charge in [0.2, 0.25) is 0 Å². The quantitative estimate of drug-likeness (QED) is 0.753. The van der Waals surface area contributed by atoms with Gasteiger partial charge in [-0.3, -0.25) is 4.90 Å². The highest BCUT2D eigenvalue weighted by Gasteiger charge is 2.33. The molecule has 1 fully saturated rings. The maximum absolute atomic E-state index is 13.1. The summed E-state index contributed by atoms with van der Waals surface area (Å²) < 4.78 is 44.6. The maximum Gasteiger partial charge on any atom is 0.416 e. The lowest BCUT2D eigenvalue weighted by atomic mass is 10.0. The molecule has 7 nitrogen and oxygen atoms in total. The molecule has 156 valence electrons. The van der Waals surface area contributed by atoms with E-state index in [2.05, 4.69) is 0 Å². The van der Waals surface area contributed by atoms with E-state index in [-0.39, 0.29) is 17.8 Å². The summed E-state index contributed by atoms with van der Waals surface area (Å²) in [4.78, 5) is 26.7. The van der Waals surface area contributed by atoms with Gasteiger partial charge in [0.1, 0.15) is 5.60 Å². The van der Waals surface area contributed by atoms with E-state index in [1.807, 2.05) is 4.90 Å². The van der Waals surface area contributed by atoms with Gasteiger partial charge < -0.3 is 20.5 Å². The molecule has 1 amide bonds. The Labute approximate surface area is 160 Å². The second-order valence-corrected chi connectivity index (χ2v) is 7.64. The molecule has 1 aromatic carbocycles. The number of carbonyl (C=O) groups excluding carboxylic acids is 1. The van der Waals surface area contributed by atoms with E-state index in [1.165, 1.54) is 4.90 Å². The number of carboxylic acid groups (broad SMARTS) is 1. The van der Waals surface area contributed by atoms with Gasteiger partial charge in [-0.05, 0) is 38.5 Å². The molecule has 0 atom stereocenters. The van der Waals surface area contributed by atoms with Crippen LogP contribution in [0.1, 0.15) is 42.3 Å². The molecule has 0 radical (unpaired) electrons. The van der Waals surface area contributed by atoms with Crippen molar-refractivity contribution >= 4 is 17.7 Å². The Morgan fingerprint density at radius 3 is 2.18 bits per heavy atom. The fraction of sp³-hybridized carbons (Fsp3) is 0.556. The maximum atomic E-state index is 13.1. The SMILES string of the molecule is CC(C)(C)OC(=O)N1CCN(Cc2cc(C(F)(F)F)cc(C(=O)O)c2N)CC1. The number of ether oxygens (including phenoxy) is 1. The van der Waals surface area contributed by atoms with E-state index < -0.39 is 35.0 Å². The fourth-order valence-corrected chi connectivity index (χ4v) is 2.84. The summed E-state index contributed by atoms with van der Waals surface area (Å²) >= 11 is 0. The molecule has 0 spiro atoms. The number of carboxylic acids is 1. The van der Waals surface area contributed by atoms with E-state index in [9.17, 15) is 22.8 Å². The van der Waals surface area contributed by atoms with Crippen LogP contribution >= 0.6 is 0 Å². The van der Waals surface area contributed by atoms with Crippen molar-refractivity contribution in [1.82, 2.24) is 9.80 Å². The minimum Gasteiger partial charge on any atom is -0.478 e. The van der Waals surface area contributed by atoms with Crippen LogP contribution in [0, 0.1) is 0 Å². The van der Waals surface area contributed by atoms with Gasteiger partial charge in [0, 0.05) is 32.7 Å². The van der Waals surface area contributed by atoms with Gasteiger partial charge in [0.25, 0.3) is 0 Å². The van der Waals surface area contributed by atoms with Crippen LogP contribution in [0.2, 0.25) is 0 Å². The van der Waals surface area contributed by atoms with Crippen molar-refractivity contribution in [3.63, 3.8) is 0 Å².